The summed E-state index contributed by atoms with van der Waals surface area (Å²) in [4.78, 5) is 18.8. The molecule has 0 bridgehead atoms. The van der Waals surface area contributed by atoms with Crippen LogP contribution in [0.2, 0.25) is 10.0 Å². The summed E-state index contributed by atoms with van der Waals surface area (Å²) in [5, 5.41) is 10.0. The van der Waals surface area contributed by atoms with Crippen molar-refractivity contribution < 1.29 is 4.79 Å². The number of rotatable bonds is 5. The highest BCUT2D eigenvalue weighted by Gasteiger charge is 2.27. The summed E-state index contributed by atoms with van der Waals surface area (Å²) in [6.45, 7) is 3.56. The Hall–Kier alpha value is -2.09. The number of benzene rings is 1. The van der Waals surface area contributed by atoms with Gasteiger partial charge in [0.05, 0.1) is 21.0 Å². The van der Waals surface area contributed by atoms with E-state index in [2.05, 4.69) is 15.2 Å². The van der Waals surface area contributed by atoms with Gasteiger partial charge in [0.1, 0.15) is 0 Å². The Bertz CT molecular complexity index is 1020. The lowest BCUT2D eigenvalue weighted by molar-refractivity contribution is -0.129. The van der Waals surface area contributed by atoms with Gasteiger partial charge in [0.15, 0.2) is 11.0 Å². The Balaban J connectivity index is 1.72. The van der Waals surface area contributed by atoms with E-state index < -0.39 is 0 Å². The number of amides is 1. The molecule has 150 valence electrons. The van der Waals surface area contributed by atoms with Crippen molar-refractivity contribution in [2.24, 2.45) is 0 Å². The SMILES string of the molecule is C[C@@H](Sc1nnc(-c2ccncc2)n1-c1ccc(Cl)c(Cl)c1)C(=O)N1CCCC1. The predicted molar refractivity (Wildman–Crippen MR) is 116 cm³/mol. The third-order valence-corrected chi connectivity index (χ3v) is 6.55. The molecule has 3 heterocycles. The van der Waals surface area contributed by atoms with Gasteiger partial charge < -0.3 is 4.90 Å². The maximum absolute atomic E-state index is 12.8. The third kappa shape index (κ3) is 4.27. The molecule has 1 fully saturated rings. The monoisotopic (exact) mass is 447 g/mol. The second-order valence-electron chi connectivity index (χ2n) is 6.77. The second-order valence-corrected chi connectivity index (χ2v) is 8.89. The number of thioether (sulfide) groups is 1. The van der Waals surface area contributed by atoms with Crippen molar-refractivity contribution in [1.82, 2.24) is 24.6 Å². The van der Waals surface area contributed by atoms with Crippen molar-refractivity contribution in [2.75, 3.05) is 13.1 Å². The molecule has 9 heteroatoms. The van der Waals surface area contributed by atoms with Gasteiger partial charge in [-0.05, 0) is 50.1 Å². The maximum Gasteiger partial charge on any atom is 0.235 e. The number of likely N-dealkylation sites (tertiary alicyclic amines) is 1. The zero-order valence-electron chi connectivity index (χ0n) is 15.8. The number of carbonyl (C=O) groups is 1. The minimum atomic E-state index is -0.274. The largest absolute Gasteiger partial charge is 0.342 e. The van der Waals surface area contributed by atoms with E-state index in [9.17, 15) is 4.79 Å². The third-order valence-electron chi connectivity index (χ3n) is 4.78. The highest BCUT2D eigenvalue weighted by Crippen LogP contribution is 2.33. The first-order valence-corrected chi connectivity index (χ1v) is 10.9. The van der Waals surface area contributed by atoms with E-state index in [-0.39, 0.29) is 11.2 Å². The molecule has 6 nitrogen and oxygen atoms in total. The molecule has 1 amide bonds. The molecule has 0 radical (unpaired) electrons. The van der Waals surface area contributed by atoms with Crippen LogP contribution in [0.1, 0.15) is 19.8 Å². The molecule has 1 aliphatic rings. The van der Waals surface area contributed by atoms with Crippen LogP contribution in [-0.4, -0.2) is 48.9 Å². The van der Waals surface area contributed by atoms with E-state index in [1.165, 1.54) is 11.8 Å². The van der Waals surface area contributed by atoms with E-state index in [4.69, 9.17) is 23.2 Å². The molecule has 1 aromatic carbocycles. The number of hydrogen-bond donors (Lipinski definition) is 0. The molecular weight excluding hydrogens is 429 g/mol. The molecule has 0 N–H and O–H groups in total. The first-order chi connectivity index (χ1) is 14.0. The van der Waals surface area contributed by atoms with E-state index in [1.807, 2.05) is 34.6 Å². The highest BCUT2D eigenvalue weighted by atomic mass is 35.5. The summed E-state index contributed by atoms with van der Waals surface area (Å²) in [5.41, 5.74) is 1.64. The quantitative estimate of drug-likeness (QED) is 0.528. The second kappa shape index (κ2) is 8.73. The van der Waals surface area contributed by atoms with Gasteiger partial charge in [0.25, 0.3) is 0 Å². The molecule has 0 spiro atoms. The molecule has 29 heavy (non-hydrogen) atoms. The van der Waals surface area contributed by atoms with Crippen LogP contribution in [0.15, 0.2) is 47.9 Å². The van der Waals surface area contributed by atoms with Crippen molar-refractivity contribution in [2.45, 2.75) is 30.2 Å². The first kappa shape index (κ1) is 20.2. The van der Waals surface area contributed by atoms with Gasteiger partial charge in [0, 0.05) is 31.0 Å². The van der Waals surface area contributed by atoms with Gasteiger partial charge in [-0.15, -0.1) is 10.2 Å². The summed E-state index contributed by atoms with van der Waals surface area (Å²) in [6.07, 6.45) is 5.54. The molecule has 0 saturated carbocycles. The van der Waals surface area contributed by atoms with Crippen LogP contribution in [0, 0.1) is 0 Å². The molecule has 1 aliphatic heterocycles. The van der Waals surface area contributed by atoms with Crippen molar-refractivity contribution in [3.05, 3.63) is 52.8 Å². The average molecular weight is 448 g/mol. The fourth-order valence-electron chi connectivity index (χ4n) is 3.29. The Morgan fingerprint density at radius 1 is 1.07 bits per heavy atom. The van der Waals surface area contributed by atoms with Crippen LogP contribution in [0.3, 0.4) is 0 Å². The van der Waals surface area contributed by atoms with Gasteiger partial charge in [-0.3, -0.25) is 14.3 Å². The topological polar surface area (TPSA) is 63.9 Å². The van der Waals surface area contributed by atoms with Crippen molar-refractivity contribution in [3.63, 3.8) is 0 Å². The Morgan fingerprint density at radius 3 is 2.48 bits per heavy atom. The molecule has 2 aromatic heterocycles. The summed E-state index contributed by atoms with van der Waals surface area (Å²) in [6, 6.07) is 9.10. The normalized spacial score (nSPS) is 14.9. The highest BCUT2D eigenvalue weighted by molar-refractivity contribution is 8.00. The fourth-order valence-corrected chi connectivity index (χ4v) is 4.54. The maximum atomic E-state index is 12.8. The fraction of sp³-hybridized carbons (Fsp3) is 0.300. The van der Waals surface area contributed by atoms with Gasteiger partial charge in [-0.25, -0.2) is 0 Å². The van der Waals surface area contributed by atoms with E-state index >= 15 is 0 Å². The van der Waals surface area contributed by atoms with Gasteiger partial charge in [-0.2, -0.15) is 0 Å². The van der Waals surface area contributed by atoms with Crippen molar-refractivity contribution >= 4 is 40.9 Å². The van der Waals surface area contributed by atoms with Crippen LogP contribution in [0.4, 0.5) is 0 Å². The summed E-state index contributed by atoms with van der Waals surface area (Å²) in [5.74, 6) is 0.774. The van der Waals surface area contributed by atoms with Crippen LogP contribution < -0.4 is 0 Å². The number of halogens is 2. The molecule has 0 unspecified atom stereocenters. The summed E-state index contributed by atoms with van der Waals surface area (Å²) < 4.78 is 1.90. The standard InChI is InChI=1S/C20H19Cl2N5OS/c1-13(19(28)26-10-2-3-11-26)29-20-25-24-18(14-6-8-23-9-7-14)27(20)15-4-5-16(21)17(22)12-15/h4-9,12-13H,2-3,10-11H2,1H3/t13-/m1/s1. The average Bonchev–Trinajstić information content (AvgIpc) is 3.40. The number of pyridine rings is 1. The lowest BCUT2D eigenvalue weighted by Crippen LogP contribution is -2.34. The summed E-state index contributed by atoms with van der Waals surface area (Å²) >= 11 is 13.8. The number of hydrogen-bond acceptors (Lipinski definition) is 5. The van der Waals surface area contributed by atoms with Crippen molar-refractivity contribution in [3.8, 4) is 17.1 Å². The van der Waals surface area contributed by atoms with Gasteiger partial charge >= 0.3 is 0 Å². The molecule has 1 atom stereocenters. The lowest BCUT2D eigenvalue weighted by Gasteiger charge is -2.20. The van der Waals surface area contributed by atoms with E-state index in [1.54, 1.807) is 24.5 Å². The zero-order valence-corrected chi connectivity index (χ0v) is 18.1. The number of aromatic nitrogens is 4. The minimum absolute atomic E-state index is 0.127. The number of nitrogens with zero attached hydrogens (tertiary/aromatic N) is 5. The van der Waals surface area contributed by atoms with Crippen LogP contribution in [-0.2, 0) is 4.79 Å². The number of carbonyl (C=O) groups excluding carboxylic acids is 1. The zero-order chi connectivity index (χ0) is 20.4. The van der Waals surface area contributed by atoms with Crippen LogP contribution >= 0.6 is 35.0 Å². The van der Waals surface area contributed by atoms with Gasteiger partial charge in [-0.1, -0.05) is 35.0 Å². The molecule has 1 saturated heterocycles. The Kier molecular flexibility index (Phi) is 6.08. The first-order valence-electron chi connectivity index (χ1n) is 9.31. The van der Waals surface area contributed by atoms with Crippen LogP contribution in [0.25, 0.3) is 17.1 Å². The molecule has 4 rings (SSSR count). The lowest BCUT2D eigenvalue weighted by atomic mass is 10.2. The summed E-state index contributed by atoms with van der Waals surface area (Å²) in [7, 11) is 0. The van der Waals surface area contributed by atoms with E-state index in [0.717, 1.165) is 37.2 Å². The molecule has 3 aromatic rings. The van der Waals surface area contributed by atoms with Crippen LogP contribution in [0.5, 0.6) is 0 Å². The molecular formula is C20H19Cl2N5OS. The predicted octanol–water partition coefficient (Wildman–Crippen LogP) is 4.74. The van der Waals surface area contributed by atoms with Gasteiger partial charge in [0.2, 0.25) is 5.91 Å². The minimum Gasteiger partial charge on any atom is -0.342 e. The van der Waals surface area contributed by atoms with Crippen molar-refractivity contribution in [1.29, 1.82) is 0 Å². The molecule has 0 aliphatic carbocycles. The Morgan fingerprint density at radius 2 is 1.79 bits per heavy atom. The smallest absolute Gasteiger partial charge is 0.235 e. The van der Waals surface area contributed by atoms with E-state index in [0.29, 0.717) is 21.0 Å². The Labute approximate surface area is 183 Å².